The quantitative estimate of drug-likeness (QED) is 0.793. The molecule has 0 fully saturated rings. The fourth-order valence-electron chi connectivity index (χ4n) is 2.49. The Bertz CT molecular complexity index is 610. The predicted octanol–water partition coefficient (Wildman–Crippen LogP) is 4.07. The molecule has 0 aliphatic rings. The van der Waals surface area contributed by atoms with Crippen LogP contribution in [0.25, 0.3) is 0 Å². The van der Waals surface area contributed by atoms with Gasteiger partial charge in [-0.05, 0) is 43.7 Å². The Balaban J connectivity index is 1.85. The monoisotopic (exact) mass is 331 g/mol. The SMILES string of the molecule is Cc1csc(C(CC(C)C)NC(=O)CCCc2cccnc2)n1. The zero-order chi connectivity index (χ0) is 16.7. The van der Waals surface area contributed by atoms with Gasteiger partial charge < -0.3 is 5.32 Å². The maximum Gasteiger partial charge on any atom is 0.220 e. The van der Waals surface area contributed by atoms with E-state index in [0.717, 1.165) is 30.0 Å². The largest absolute Gasteiger partial charge is 0.347 e. The minimum Gasteiger partial charge on any atom is -0.347 e. The number of hydrogen-bond donors (Lipinski definition) is 1. The average molecular weight is 331 g/mol. The molecule has 1 amide bonds. The molecule has 0 aromatic carbocycles. The molecule has 124 valence electrons. The van der Waals surface area contributed by atoms with Crippen molar-refractivity contribution in [2.45, 2.75) is 52.5 Å². The molecule has 2 heterocycles. The molecule has 0 aliphatic heterocycles. The van der Waals surface area contributed by atoms with Crippen LogP contribution in [0, 0.1) is 12.8 Å². The lowest BCUT2D eigenvalue weighted by atomic mass is 10.0. The van der Waals surface area contributed by atoms with Gasteiger partial charge >= 0.3 is 0 Å². The van der Waals surface area contributed by atoms with Crippen molar-refractivity contribution in [3.05, 3.63) is 46.2 Å². The topological polar surface area (TPSA) is 54.9 Å². The van der Waals surface area contributed by atoms with E-state index in [4.69, 9.17) is 0 Å². The highest BCUT2D eigenvalue weighted by atomic mass is 32.1. The first-order valence-corrected chi connectivity index (χ1v) is 9.03. The third kappa shape index (κ3) is 6.10. The first-order chi connectivity index (χ1) is 11.0. The van der Waals surface area contributed by atoms with Gasteiger partial charge in [0.05, 0.1) is 6.04 Å². The van der Waals surface area contributed by atoms with E-state index < -0.39 is 0 Å². The number of nitrogens with one attached hydrogen (secondary N) is 1. The lowest BCUT2D eigenvalue weighted by Crippen LogP contribution is -2.29. The van der Waals surface area contributed by atoms with E-state index in [1.807, 2.05) is 30.6 Å². The zero-order valence-electron chi connectivity index (χ0n) is 14.1. The number of aryl methyl sites for hydroxylation is 2. The van der Waals surface area contributed by atoms with Crippen LogP contribution in [0.1, 0.15) is 55.4 Å². The molecule has 0 bridgehead atoms. The molecule has 0 radical (unpaired) electrons. The molecule has 0 saturated carbocycles. The maximum atomic E-state index is 12.3. The smallest absolute Gasteiger partial charge is 0.220 e. The van der Waals surface area contributed by atoms with Gasteiger partial charge in [0.1, 0.15) is 5.01 Å². The molecule has 4 nitrogen and oxygen atoms in total. The van der Waals surface area contributed by atoms with E-state index in [1.165, 1.54) is 5.56 Å². The van der Waals surface area contributed by atoms with E-state index in [1.54, 1.807) is 17.5 Å². The van der Waals surface area contributed by atoms with Gasteiger partial charge in [0.15, 0.2) is 0 Å². The normalized spacial score (nSPS) is 12.3. The molecule has 0 saturated heterocycles. The molecule has 2 rings (SSSR count). The standard InChI is InChI=1S/C18H25N3OS/c1-13(2)10-16(18-20-14(3)12-23-18)21-17(22)8-4-6-15-7-5-9-19-11-15/h5,7,9,11-13,16H,4,6,8,10H2,1-3H3,(H,21,22). The van der Waals surface area contributed by atoms with Gasteiger partial charge in [0.2, 0.25) is 5.91 Å². The lowest BCUT2D eigenvalue weighted by molar-refractivity contribution is -0.122. The summed E-state index contributed by atoms with van der Waals surface area (Å²) in [7, 11) is 0. The molecule has 2 aromatic heterocycles. The Morgan fingerprint density at radius 1 is 1.39 bits per heavy atom. The van der Waals surface area contributed by atoms with Gasteiger partial charge in [-0.15, -0.1) is 11.3 Å². The summed E-state index contributed by atoms with van der Waals surface area (Å²) in [4.78, 5) is 20.9. The molecule has 2 aromatic rings. The molecule has 23 heavy (non-hydrogen) atoms. The van der Waals surface area contributed by atoms with Crippen molar-refractivity contribution in [2.24, 2.45) is 5.92 Å². The van der Waals surface area contributed by atoms with Crippen LogP contribution in [0.3, 0.4) is 0 Å². The predicted molar refractivity (Wildman–Crippen MR) is 94.4 cm³/mol. The maximum absolute atomic E-state index is 12.3. The average Bonchev–Trinajstić information content (AvgIpc) is 2.94. The third-order valence-corrected chi connectivity index (χ3v) is 4.65. The Morgan fingerprint density at radius 2 is 2.22 bits per heavy atom. The van der Waals surface area contributed by atoms with Crippen LogP contribution >= 0.6 is 11.3 Å². The first-order valence-electron chi connectivity index (χ1n) is 8.15. The van der Waals surface area contributed by atoms with Crippen LogP contribution in [-0.2, 0) is 11.2 Å². The minimum absolute atomic E-state index is 0.0274. The van der Waals surface area contributed by atoms with Crippen LogP contribution < -0.4 is 5.32 Å². The first kappa shape index (κ1) is 17.6. The molecule has 1 atom stereocenters. The number of carbonyl (C=O) groups is 1. The summed E-state index contributed by atoms with van der Waals surface area (Å²) in [5, 5.41) is 6.21. The van der Waals surface area contributed by atoms with Gasteiger partial charge in [-0.2, -0.15) is 0 Å². The molecule has 1 N–H and O–H groups in total. The fraction of sp³-hybridized carbons (Fsp3) is 0.500. The summed E-state index contributed by atoms with van der Waals surface area (Å²) >= 11 is 1.63. The van der Waals surface area contributed by atoms with Crippen molar-refractivity contribution in [2.75, 3.05) is 0 Å². The Hall–Kier alpha value is -1.75. The van der Waals surface area contributed by atoms with Crippen LogP contribution in [0.5, 0.6) is 0 Å². The molecule has 0 aliphatic carbocycles. The molecule has 1 unspecified atom stereocenters. The van der Waals surface area contributed by atoms with Crippen LogP contribution in [0.4, 0.5) is 0 Å². The van der Waals surface area contributed by atoms with Crippen molar-refractivity contribution >= 4 is 17.2 Å². The number of amides is 1. The van der Waals surface area contributed by atoms with Gasteiger partial charge in [-0.3, -0.25) is 9.78 Å². The van der Waals surface area contributed by atoms with Gasteiger partial charge in [-0.1, -0.05) is 19.9 Å². The van der Waals surface area contributed by atoms with Crippen LogP contribution in [0.2, 0.25) is 0 Å². The third-order valence-electron chi connectivity index (χ3n) is 3.57. The number of carbonyl (C=O) groups excluding carboxylic acids is 1. The summed E-state index contributed by atoms with van der Waals surface area (Å²) in [6, 6.07) is 4.00. The Labute approximate surface area is 142 Å². The van der Waals surface area contributed by atoms with Crippen LogP contribution in [-0.4, -0.2) is 15.9 Å². The second-order valence-corrected chi connectivity index (χ2v) is 7.18. The van der Waals surface area contributed by atoms with E-state index in [-0.39, 0.29) is 11.9 Å². The highest BCUT2D eigenvalue weighted by molar-refractivity contribution is 7.09. The summed E-state index contributed by atoms with van der Waals surface area (Å²) < 4.78 is 0. The van der Waals surface area contributed by atoms with Crippen molar-refractivity contribution in [1.29, 1.82) is 0 Å². The van der Waals surface area contributed by atoms with Crippen LogP contribution in [0.15, 0.2) is 29.9 Å². The van der Waals surface area contributed by atoms with Gasteiger partial charge in [0.25, 0.3) is 0 Å². The lowest BCUT2D eigenvalue weighted by Gasteiger charge is -2.18. The number of pyridine rings is 1. The summed E-state index contributed by atoms with van der Waals surface area (Å²) in [6.45, 7) is 6.33. The molecule has 0 spiro atoms. The van der Waals surface area contributed by atoms with Gasteiger partial charge in [-0.25, -0.2) is 4.98 Å². The number of thiazole rings is 1. The second-order valence-electron chi connectivity index (χ2n) is 6.29. The summed E-state index contributed by atoms with van der Waals surface area (Å²) in [5.74, 6) is 0.618. The van der Waals surface area contributed by atoms with E-state index in [9.17, 15) is 4.79 Å². The highest BCUT2D eigenvalue weighted by Crippen LogP contribution is 2.24. The second kappa shape index (κ2) is 8.77. The number of rotatable bonds is 8. The van der Waals surface area contributed by atoms with E-state index in [2.05, 4.69) is 29.1 Å². The Kier molecular flexibility index (Phi) is 6.71. The van der Waals surface area contributed by atoms with E-state index in [0.29, 0.717) is 12.3 Å². The van der Waals surface area contributed by atoms with E-state index >= 15 is 0 Å². The zero-order valence-corrected chi connectivity index (χ0v) is 14.9. The highest BCUT2D eigenvalue weighted by Gasteiger charge is 2.18. The number of nitrogens with zero attached hydrogens (tertiary/aromatic N) is 2. The van der Waals surface area contributed by atoms with Gasteiger partial charge in [0, 0.05) is 29.9 Å². The molecular formula is C18H25N3OS. The molecule has 5 heteroatoms. The van der Waals surface area contributed by atoms with Crippen molar-refractivity contribution in [3.63, 3.8) is 0 Å². The summed E-state index contributed by atoms with van der Waals surface area (Å²) in [6.07, 6.45) is 6.80. The minimum atomic E-state index is 0.0274. The number of aromatic nitrogens is 2. The molecular weight excluding hydrogens is 306 g/mol. The van der Waals surface area contributed by atoms with Crippen molar-refractivity contribution in [1.82, 2.24) is 15.3 Å². The Morgan fingerprint density at radius 3 is 2.83 bits per heavy atom. The van der Waals surface area contributed by atoms with Crippen molar-refractivity contribution < 1.29 is 4.79 Å². The summed E-state index contributed by atoms with van der Waals surface area (Å²) in [5.41, 5.74) is 2.19. The fourth-order valence-corrected chi connectivity index (χ4v) is 3.35. The van der Waals surface area contributed by atoms with Crippen molar-refractivity contribution in [3.8, 4) is 0 Å². The number of hydrogen-bond acceptors (Lipinski definition) is 4.